The van der Waals surface area contributed by atoms with Gasteiger partial charge in [0.05, 0.1) is 37.9 Å². The Morgan fingerprint density at radius 1 is 0.943 bits per heavy atom. The van der Waals surface area contributed by atoms with E-state index >= 15 is 0 Å². The normalized spacial score (nSPS) is 14.1. The molecule has 1 fully saturated rings. The lowest BCUT2D eigenvalue weighted by molar-refractivity contribution is 0.276. The highest BCUT2D eigenvalue weighted by Crippen LogP contribution is 2.33. The number of ether oxygens (including phenoxy) is 3. The summed E-state index contributed by atoms with van der Waals surface area (Å²) in [6, 6.07) is 7.20. The van der Waals surface area contributed by atoms with E-state index in [0.29, 0.717) is 5.82 Å². The van der Waals surface area contributed by atoms with Crippen LogP contribution in [0.4, 0.5) is 26.0 Å². The number of aromatic nitrogens is 2. The van der Waals surface area contributed by atoms with E-state index < -0.39 is 11.6 Å². The maximum absolute atomic E-state index is 14.4. The molecule has 0 atom stereocenters. The maximum atomic E-state index is 14.4. The van der Waals surface area contributed by atoms with Gasteiger partial charge in [0.15, 0.2) is 11.6 Å². The van der Waals surface area contributed by atoms with Gasteiger partial charge in [-0.15, -0.1) is 0 Å². The zero-order chi connectivity index (χ0) is 24.9. The van der Waals surface area contributed by atoms with Gasteiger partial charge in [0, 0.05) is 37.9 Å². The number of hydrogen-bond acceptors (Lipinski definition) is 8. The number of rotatable bonds is 8. The summed E-state index contributed by atoms with van der Waals surface area (Å²) in [6.07, 6.45) is 2.88. The van der Waals surface area contributed by atoms with Crippen LogP contribution in [0.15, 0.2) is 36.7 Å². The molecule has 35 heavy (non-hydrogen) atoms. The van der Waals surface area contributed by atoms with Crippen molar-refractivity contribution in [2.45, 2.75) is 13.5 Å². The van der Waals surface area contributed by atoms with Gasteiger partial charge in [0.1, 0.15) is 24.0 Å². The first-order chi connectivity index (χ1) is 16.9. The van der Waals surface area contributed by atoms with Crippen molar-refractivity contribution in [1.29, 1.82) is 0 Å². The van der Waals surface area contributed by atoms with Crippen LogP contribution < -0.4 is 24.4 Å². The average Bonchev–Trinajstić information content (AvgIpc) is 2.87. The first-order valence-electron chi connectivity index (χ1n) is 11.2. The molecule has 10 heteroatoms. The summed E-state index contributed by atoms with van der Waals surface area (Å²) < 4.78 is 44.9. The number of halogens is 2. The summed E-state index contributed by atoms with van der Waals surface area (Å²) in [5.74, 6) is -0.120. The van der Waals surface area contributed by atoms with E-state index in [1.807, 2.05) is 18.2 Å². The molecule has 0 amide bonds. The van der Waals surface area contributed by atoms with Crippen molar-refractivity contribution < 1.29 is 23.0 Å². The molecule has 0 unspecified atom stereocenters. The topological polar surface area (TPSA) is 72.0 Å². The van der Waals surface area contributed by atoms with Crippen LogP contribution in [0.1, 0.15) is 11.1 Å². The smallest absolute Gasteiger partial charge is 0.232 e. The van der Waals surface area contributed by atoms with Crippen LogP contribution in [0.25, 0.3) is 0 Å². The maximum Gasteiger partial charge on any atom is 0.232 e. The number of nitrogens with one attached hydrogen (secondary N) is 1. The highest BCUT2D eigenvalue weighted by molar-refractivity contribution is 5.68. The number of hydrogen-bond donors (Lipinski definition) is 1. The first kappa shape index (κ1) is 24.5. The molecule has 1 N–H and O–H groups in total. The molecule has 1 saturated heterocycles. The lowest BCUT2D eigenvalue weighted by Gasteiger charge is -2.34. The third-order valence-electron chi connectivity index (χ3n) is 5.95. The summed E-state index contributed by atoms with van der Waals surface area (Å²) in [7, 11) is 5.10. The number of anilines is 3. The highest BCUT2D eigenvalue weighted by atomic mass is 19.1. The van der Waals surface area contributed by atoms with Gasteiger partial charge < -0.3 is 29.3 Å². The minimum Gasteiger partial charge on any atom is -0.495 e. The van der Waals surface area contributed by atoms with Crippen molar-refractivity contribution >= 4 is 17.2 Å². The molecule has 1 aromatic heterocycles. The van der Waals surface area contributed by atoms with Crippen LogP contribution in [0.5, 0.6) is 17.4 Å². The molecule has 1 aliphatic heterocycles. The van der Waals surface area contributed by atoms with Gasteiger partial charge in [-0.1, -0.05) is 0 Å². The molecule has 0 spiro atoms. The Kier molecular flexibility index (Phi) is 7.50. The van der Waals surface area contributed by atoms with Crippen molar-refractivity contribution in [1.82, 2.24) is 14.9 Å². The molecule has 1 aliphatic rings. The van der Waals surface area contributed by atoms with Gasteiger partial charge in [0.2, 0.25) is 5.88 Å². The van der Waals surface area contributed by atoms with Crippen LogP contribution in [0, 0.1) is 18.6 Å². The number of aryl methyl sites for hydroxylation is 1. The Morgan fingerprint density at radius 2 is 1.69 bits per heavy atom. The summed E-state index contributed by atoms with van der Waals surface area (Å²) in [5, 5.41) is 3.19. The van der Waals surface area contributed by atoms with Crippen molar-refractivity contribution in [2.75, 3.05) is 57.7 Å². The quantitative estimate of drug-likeness (QED) is 0.510. The molecule has 0 bridgehead atoms. The Morgan fingerprint density at radius 3 is 2.34 bits per heavy atom. The molecule has 0 aliphatic carbocycles. The fourth-order valence-corrected chi connectivity index (χ4v) is 3.89. The fourth-order valence-electron chi connectivity index (χ4n) is 3.89. The van der Waals surface area contributed by atoms with E-state index in [2.05, 4.69) is 32.1 Å². The molecule has 8 nitrogen and oxygen atoms in total. The van der Waals surface area contributed by atoms with Crippen molar-refractivity contribution in [3.8, 4) is 17.4 Å². The SMILES string of the molecule is COc1cc(Nc2cnc(OCc3c(F)c(C)cc(OC)c3F)cn2)ccc1N1CCN(C)CC1. The first-order valence-corrected chi connectivity index (χ1v) is 11.2. The number of piperazine rings is 1. The van der Waals surface area contributed by atoms with Gasteiger partial charge >= 0.3 is 0 Å². The summed E-state index contributed by atoms with van der Waals surface area (Å²) in [4.78, 5) is 13.1. The molecule has 2 heterocycles. The Bertz CT molecular complexity index is 1170. The second-order valence-corrected chi connectivity index (χ2v) is 8.33. The number of methoxy groups -OCH3 is 2. The van der Waals surface area contributed by atoms with Crippen molar-refractivity contribution in [3.63, 3.8) is 0 Å². The standard InChI is InChI=1S/C25H29F2N5O3/c1-16-11-21(34-4)25(27)18(24(16)26)15-35-23-14-28-22(13-29-23)30-17-5-6-19(20(12-17)33-3)32-9-7-31(2)8-10-32/h5-6,11-14H,7-10,15H2,1-4H3,(H,28,30). The summed E-state index contributed by atoms with van der Waals surface area (Å²) in [5.41, 5.74) is 1.88. The summed E-state index contributed by atoms with van der Waals surface area (Å²) >= 11 is 0. The van der Waals surface area contributed by atoms with Gasteiger partial charge in [-0.2, -0.15) is 0 Å². The Balaban J connectivity index is 1.41. The van der Waals surface area contributed by atoms with E-state index in [9.17, 15) is 8.78 Å². The van der Waals surface area contributed by atoms with Crippen LogP contribution in [0.3, 0.4) is 0 Å². The molecule has 0 radical (unpaired) electrons. The lowest BCUT2D eigenvalue weighted by Crippen LogP contribution is -2.44. The van der Waals surface area contributed by atoms with E-state index in [4.69, 9.17) is 14.2 Å². The molecule has 186 valence electrons. The summed E-state index contributed by atoms with van der Waals surface area (Å²) in [6.45, 7) is 5.08. The van der Waals surface area contributed by atoms with Crippen LogP contribution in [0.2, 0.25) is 0 Å². The number of likely N-dealkylation sites (N-methyl/N-ethyl adjacent to an activating group) is 1. The third kappa shape index (κ3) is 5.54. The van der Waals surface area contributed by atoms with E-state index in [-0.39, 0.29) is 29.4 Å². The molecule has 0 saturated carbocycles. The predicted octanol–water partition coefficient (Wildman–Crippen LogP) is 4.15. The van der Waals surface area contributed by atoms with E-state index in [0.717, 1.165) is 43.3 Å². The van der Waals surface area contributed by atoms with Crippen molar-refractivity contribution in [2.24, 2.45) is 0 Å². The second kappa shape index (κ2) is 10.7. The van der Waals surface area contributed by atoms with Crippen LogP contribution in [-0.2, 0) is 6.61 Å². The molecular weight excluding hydrogens is 456 g/mol. The number of benzene rings is 2. The predicted molar refractivity (Wildman–Crippen MR) is 130 cm³/mol. The van der Waals surface area contributed by atoms with Gasteiger partial charge in [-0.3, -0.25) is 0 Å². The zero-order valence-corrected chi connectivity index (χ0v) is 20.3. The minimum atomic E-state index is -0.796. The zero-order valence-electron chi connectivity index (χ0n) is 20.3. The van der Waals surface area contributed by atoms with Crippen LogP contribution in [-0.4, -0.2) is 62.3 Å². The Hall–Kier alpha value is -3.66. The second-order valence-electron chi connectivity index (χ2n) is 8.33. The lowest BCUT2D eigenvalue weighted by atomic mass is 10.1. The van der Waals surface area contributed by atoms with Crippen LogP contribution >= 0.6 is 0 Å². The van der Waals surface area contributed by atoms with E-state index in [1.165, 1.54) is 32.5 Å². The molecule has 4 rings (SSSR count). The van der Waals surface area contributed by atoms with Gasteiger partial charge in [-0.25, -0.2) is 18.7 Å². The monoisotopic (exact) mass is 485 g/mol. The molecule has 3 aromatic rings. The fraction of sp³-hybridized carbons (Fsp3) is 0.360. The number of nitrogens with zero attached hydrogens (tertiary/aromatic N) is 4. The largest absolute Gasteiger partial charge is 0.495 e. The van der Waals surface area contributed by atoms with Gasteiger partial charge in [-0.05, 0) is 37.7 Å². The molecule has 2 aromatic carbocycles. The average molecular weight is 486 g/mol. The third-order valence-corrected chi connectivity index (χ3v) is 5.95. The van der Waals surface area contributed by atoms with Gasteiger partial charge in [0.25, 0.3) is 0 Å². The van der Waals surface area contributed by atoms with E-state index in [1.54, 1.807) is 7.11 Å². The molecular formula is C25H29F2N5O3. The van der Waals surface area contributed by atoms with Crippen molar-refractivity contribution in [3.05, 3.63) is 59.4 Å². The highest BCUT2D eigenvalue weighted by Gasteiger charge is 2.19. The Labute approximate surface area is 203 Å². The minimum absolute atomic E-state index is 0.0396.